The van der Waals surface area contributed by atoms with Crippen LogP contribution in [-0.2, 0) is 9.53 Å². The molecule has 0 aliphatic heterocycles. The quantitative estimate of drug-likeness (QED) is 0.609. The zero-order valence-corrected chi connectivity index (χ0v) is 14.7. The molecule has 23 heavy (non-hydrogen) atoms. The Kier molecular flexibility index (Phi) is 3.63. The Morgan fingerprint density at radius 2 is 1.70 bits per heavy atom. The molecule has 1 heterocycles. The molecule has 4 aliphatic carbocycles. The van der Waals surface area contributed by atoms with Gasteiger partial charge in [0.25, 0.3) is 0 Å². The van der Waals surface area contributed by atoms with Crippen LogP contribution in [0.25, 0.3) is 0 Å². The van der Waals surface area contributed by atoms with Gasteiger partial charge in [-0.05, 0) is 76.2 Å². The van der Waals surface area contributed by atoms with E-state index in [1.807, 2.05) is 19.9 Å². The third kappa shape index (κ3) is 2.65. The van der Waals surface area contributed by atoms with Gasteiger partial charge < -0.3 is 4.74 Å². The number of carbonyl (C=O) groups excluding carboxylic acids is 2. The van der Waals surface area contributed by atoms with Gasteiger partial charge in [0, 0.05) is 15.3 Å². The van der Waals surface area contributed by atoms with Crippen LogP contribution in [0.2, 0.25) is 0 Å². The summed E-state index contributed by atoms with van der Waals surface area (Å²) in [5.41, 5.74) is 0.445. The smallest absolute Gasteiger partial charge is 0.312 e. The van der Waals surface area contributed by atoms with E-state index >= 15 is 0 Å². The Morgan fingerprint density at radius 3 is 2.17 bits per heavy atom. The molecular weight excluding hydrogens is 308 g/mol. The van der Waals surface area contributed by atoms with Crippen LogP contribution in [0.15, 0.2) is 6.07 Å². The number of ketones is 1. The van der Waals surface area contributed by atoms with Crippen LogP contribution >= 0.6 is 11.3 Å². The number of ether oxygens (including phenoxy) is 1. The van der Waals surface area contributed by atoms with Crippen LogP contribution < -0.4 is 0 Å². The number of esters is 1. The van der Waals surface area contributed by atoms with Gasteiger partial charge in [-0.1, -0.05) is 0 Å². The first-order valence-electron chi connectivity index (χ1n) is 8.73. The molecule has 4 fully saturated rings. The maximum Gasteiger partial charge on any atom is 0.312 e. The number of rotatable bonds is 4. The average molecular weight is 332 g/mol. The van der Waals surface area contributed by atoms with Gasteiger partial charge in [0.05, 0.1) is 5.41 Å². The lowest BCUT2D eigenvalue weighted by atomic mass is 9.49. The normalized spacial score (nSPS) is 34.6. The van der Waals surface area contributed by atoms with E-state index in [1.165, 1.54) is 19.3 Å². The Hall–Kier alpha value is -1.16. The Morgan fingerprint density at radius 1 is 1.13 bits per heavy atom. The molecule has 3 nitrogen and oxygen atoms in total. The first-order chi connectivity index (χ1) is 10.9. The number of carbonyl (C=O) groups is 2. The SMILES string of the molecule is Cc1cc(C(=O)COC(=O)C23CC4CC(CC(C4)C2)C3)c(C)s1. The molecule has 0 radical (unpaired) electrons. The average Bonchev–Trinajstić information content (AvgIpc) is 2.81. The molecule has 0 saturated heterocycles. The summed E-state index contributed by atoms with van der Waals surface area (Å²) < 4.78 is 5.52. The number of aryl methyl sites for hydroxylation is 2. The van der Waals surface area contributed by atoms with Gasteiger partial charge in [0.2, 0.25) is 5.78 Å². The van der Waals surface area contributed by atoms with Gasteiger partial charge in [-0.15, -0.1) is 11.3 Å². The van der Waals surface area contributed by atoms with E-state index in [1.54, 1.807) is 11.3 Å². The van der Waals surface area contributed by atoms with E-state index in [4.69, 9.17) is 4.74 Å². The van der Waals surface area contributed by atoms with E-state index < -0.39 is 0 Å². The second-order valence-corrected chi connectivity index (χ2v) is 9.48. The molecule has 124 valence electrons. The molecule has 0 amide bonds. The van der Waals surface area contributed by atoms with Gasteiger partial charge >= 0.3 is 5.97 Å². The standard InChI is InChI=1S/C19H24O3S/c1-11-3-16(12(2)23-11)17(20)10-22-18(21)19-7-13-4-14(8-19)6-15(5-13)9-19/h3,13-15H,4-10H2,1-2H3. The van der Waals surface area contributed by atoms with Crippen molar-refractivity contribution in [3.8, 4) is 0 Å². The van der Waals surface area contributed by atoms with Crippen molar-refractivity contribution in [1.29, 1.82) is 0 Å². The van der Waals surface area contributed by atoms with Crippen molar-refractivity contribution in [2.24, 2.45) is 23.2 Å². The third-order valence-electron chi connectivity index (χ3n) is 6.15. The second-order valence-electron chi connectivity index (χ2n) is 8.02. The predicted octanol–water partition coefficient (Wildman–Crippen LogP) is 4.31. The topological polar surface area (TPSA) is 43.4 Å². The highest BCUT2D eigenvalue weighted by molar-refractivity contribution is 7.12. The highest BCUT2D eigenvalue weighted by Crippen LogP contribution is 2.60. The highest BCUT2D eigenvalue weighted by Gasteiger charge is 2.55. The van der Waals surface area contributed by atoms with Gasteiger partial charge in [-0.2, -0.15) is 0 Å². The van der Waals surface area contributed by atoms with Gasteiger partial charge in [-0.3, -0.25) is 9.59 Å². The molecule has 0 spiro atoms. The van der Waals surface area contributed by atoms with E-state index in [0.717, 1.165) is 29.0 Å². The maximum atomic E-state index is 12.8. The first-order valence-corrected chi connectivity index (χ1v) is 9.54. The molecule has 0 N–H and O–H groups in total. The minimum Gasteiger partial charge on any atom is -0.457 e. The van der Waals surface area contributed by atoms with Crippen molar-refractivity contribution in [3.63, 3.8) is 0 Å². The minimum atomic E-state index is -0.269. The molecule has 1 aromatic heterocycles. The summed E-state index contributed by atoms with van der Waals surface area (Å²) in [6.45, 7) is 3.85. The van der Waals surface area contributed by atoms with Crippen molar-refractivity contribution in [2.45, 2.75) is 52.4 Å². The van der Waals surface area contributed by atoms with Crippen molar-refractivity contribution in [1.82, 2.24) is 0 Å². The van der Waals surface area contributed by atoms with Crippen molar-refractivity contribution < 1.29 is 14.3 Å². The molecule has 5 rings (SSSR count). The van der Waals surface area contributed by atoms with Crippen LogP contribution in [-0.4, -0.2) is 18.4 Å². The molecule has 4 saturated carbocycles. The number of hydrogen-bond donors (Lipinski definition) is 0. The number of thiophene rings is 1. The van der Waals surface area contributed by atoms with Crippen LogP contribution in [0, 0.1) is 37.0 Å². The summed E-state index contributed by atoms with van der Waals surface area (Å²) in [6.07, 6.45) is 6.88. The largest absolute Gasteiger partial charge is 0.457 e. The molecule has 0 aromatic carbocycles. The van der Waals surface area contributed by atoms with E-state index in [-0.39, 0.29) is 23.8 Å². The summed E-state index contributed by atoms with van der Waals surface area (Å²) in [5.74, 6) is 1.98. The molecule has 4 heteroatoms. The van der Waals surface area contributed by atoms with Crippen LogP contribution in [0.3, 0.4) is 0 Å². The lowest BCUT2D eigenvalue weighted by Crippen LogP contribution is -2.50. The van der Waals surface area contributed by atoms with Gasteiger partial charge in [-0.25, -0.2) is 0 Å². The molecule has 0 unspecified atom stereocenters. The first kappa shape index (κ1) is 15.4. The number of Topliss-reactive ketones (excluding diaryl/α,β-unsaturated/α-hetero) is 1. The van der Waals surface area contributed by atoms with E-state index in [9.17, 15) is 9.59 Å². The predicted molar refractivity (Wildman–Crippen MR) is 89.7 cm³/mol. The summed E-state index contributed by atoms with van der Waals surface area (Å²) >= 11 is 1.62. The molecule has 4 bridgehead atoms. The Labute approximate surface area is 141 Å². The summed E-state index contributed by atoms with van der Waals surface area (Å²) in [7, 11) is 0. The van der Waals surface area contributed by atoms with E-state index in [2.05, 4.69) is 0 Å². The summed E-state index contributed by atoms with van der Waals surface area (Å²) in [5, 5.41) is 0. The summed E-state index contributed by atoms with van der Waals surface area (Å²) in [4.78, 5) is 27.2. The maximum absolute atomic E-state index is 12.8. The minimum absolute atomic E-state index is 0.0649. The Balaban J connectivity index is 1.42. The van der Waals surface area contributed by atoms with E-state index in [0.29, 0.717) is 23.3 Å². The molecule has 0 atom stereocenters. The van der Waals surface area contributed by atoms with Gasteiger partial charge in [0.1, 0.15) is 0 Å². The second kappa shape index (κ2) is 5.44. The third-order valence-corrected chi connectivity index (χ3v) is 7.11. The van der Waals surface area contributed by atoms with Crippen molar-refractivity contribution >= 4 is 23.1 Å². The van der Waals surface area contributed by atoms with Crippen LogP contribution in [0.1, 0.15) is 58.6 Å². The fraction of sp³-hybridized carbons (Fsp3) is 0.684. The monoisotopic (exact) mass is 332 g/mol. The van der Waals surface area contributed by atoms with Gasteiger partial charge in [0.15, 0.2) is 6.61 Å². The Bertz CT molecular complexity index is 622. The lowest BCUT2D eigenvalue weighted by Gasteiger charge is -2.55. The van der Waals surface area contributed by atoms with Crippen molar-refractivity contribution in [2.75, 3.05) is 6.61 Å². The van der Waals surface area contributed by atoms with Crippen molar-refractivity contribution in [3.05, 3.63) is 21.4 Å². The molecule has 1 aromatic rings. The van der Waals surface area contributed by atoms with Crippen LogP contribution in [0.4, 0.5) is 0 Å². The molecular formula is C19H24O3S. The summed E-state index contributed by atoms with van der Waals surface area (Å²) in [6, 6.07) is 1.90. The number of hydrogen-bond acceptors (Lipinski definition) is 4. The fourth-order valence-electron chi connectivity index (χ4n) is 5.63. The highest BCUT2D eigenvalue weighted by atomic mass is 32.1. The lowest BCUT2D eigenvalue weighted by molar-refractivity contribution is -0.170. The van der Waals surface area contributed by atoms with Crippen LogP contribution in [0.5, 0.6) is 0 Å². The fourth-order valence-corrected chi connectivity index (χ4v) is 6.57. The zero-order valence-electron chi connectivity index (χ0n) is 13.9. The zero-order chi connectivity index (χ0) is 16.2. The molecule has 4 aliphatic rings.